The van der Waals surface area contributed by atoms with E-state index >= 15 is 0 Å². The van der Waals surface area contributed by atoms with Gasteiger partial charge in [0, 0.05) is 36.4 Å². The predicted octanol–water partition coefficient (Wildman–Crippen LogP) is 3.35. The number of anilines is 1. The average Bonchev–Trinajstić information content (AvgIpc) is 3.25. The number of hydrogen-bond acceptors (Lipinski definition) is 3. The zero-order chi connectivity index (χ0) is 14.2. The highest BCUT2D eigenvalue weighted by Crippen LogP contribution is 2.38. The van der Waals surface area contributed by atoms with Crippen LogP contribution in [0.2, 0.25) is 0 Å². The Morgan fingerprint density at radius 2 is 2.00 bits per heavy atom. The maximum atomic E-state index is 4.71. The molecule has 0 bridgehead atoms. The second kappa shape index (κ2) is 5.36. The van der Waals surface area contributed by atoms with Crippen LogP contribution in [0, 0.1) is 5.92 Å². The molecule has 1 aromatic heterocycles. The Labute approximate surface area is 122 Å². The van der Waals surface area contributed by atoms with Crippen molar-refractivity contribution in [3.63, 3.8) is 0 Å². The van der Waals surface area contributed by atoms with E-state index in [0.717, 1.165) is 18.5 Å². The van der Waals surface area contributed by atoms with Crippen LogP contribution < -0.4 is 10.2 Å². The number of aromatic nitrogens is 1. The third-order valence-electron chi connectivity index (χ3n) is 4.09. The van der Waals surface area contributed by atoms with Crippen molar-refractivity contribution in [2.75, 3.05) is 11.4 Å². The summed E-state index contributed by atoms with van der Waals surface area (Å²) in [6.07, 6.45) is 7.44. The molecule has 3 rings (SSSR count). The minimum Gasteiger partial charge on any atom is -0.353 e. The number of nitrogens with zero attached hydrogens (tertiary/aromatic N) is 2. The molecule has 20 heavy (non-hydrogen) atoms. The van der Waals surface area contributed by atoms with E-state index in [1.807, 2.05) is 6.20 Å². The molecule has 3 heteroatoms. The first-order valence-corrected chi connectivity index (χ1v) is 7.98. The van der Waals surface area contributed by atoms with E-state index in [4.69, 9.17) is 4.98 Å². The fraction of sp³-hybridized carbons (Fsp3) is 0.706. The lowest BCUT2D eigenvalue weighted by atomic mass is 10.1. The summed E-state index contributed by atoms with van der Waals surface area (Å²) in [6.45, 7) is 8.76. The Bertz CT molecular complexity index is 456. The number of hydrogen-bond donors (Lipinski definition) is 1. The molecule has 0 unspecified atom stereocenters. The van der Waals surface area contributed by atoms with Crippen molar-refractivity contribution in [2.45, 2.75) is 64.6 Å². The molecule has 1 aromatic rings. The molecule has 1 heterocycles. The summed E-state index contributed by atoms with van der Waals surface area (Å²) in [5.74, 6) is 2.14. The van der Waals surface area contributed by atoms with Crippen LogP contribution in [0.5, 0.6) is 0 Å². The highest BCUT2D eigenvalue weighted by molar-refractivity contribution is 5.49. The van der Waals surface area contributed by atoms with Crippen molar-refractivity contribution in [1.82, 2.24) is 10.3 Å². The summed E-state index contributed by atoms with van der Waals surface area (Å²) in [6, 6.07) is 5.04. The lowest BCUT2D eigenvalue weighted by Crippen LogP contribution is -2.36. The van der Waals surface area contributed by atoms with Gasteiger partial charge in [-0.1, -0.05) is 6.07 Å². The third-order valence-corrected chi connectivity index (χ3v) is 4.09. The van der Waals surface area contributed by atoms with Crippen molar-refractivity contribution in [3.05, 3.63) is 23.9 Å². The van der Waals surface area contributed by atoms with E-state index in [1.165, 1.54) is 43.6 Å². The van der Waals surface area contributed by atoms with Gasteiger partial charge in [-0.2, -0.15) is 0 Å². The summed E-state index contributed by atoms with van der Waals surface area (Å²) < 4.78 is 0. The molecule has 110 valence electrons. The number of rotatable bonds is 6. The Morgan fingerprint density at radius 1 is 1.25 bits per heavy atom. The molecule has 0 saturated heterocycles. The van der Waals surface area contributed by atoms with E-state index in [1.54, 1.807) is 0 Å². The SMILES string of the molecule is CC(C)(C)NCc1cccnc1N(CC1CC1)C1CC1. The van der Waals surface area contributed by atoms with Crippen LogP contribution in [0.4, 0.5) is 5.82 Å². The third kappa shape index (κ3) is 3.72. The van der Waals surface area contributed by atoms with Gasteiger partial charge < -0.3 is 10.2 Å². The molecule has 3 nitrogen and oxygen atoms in total. The molecule has 0 atom stereocenters. The molecule has 2 aliphatic carbocycles. The van der Waals surface area contributed by atoms with Gasteiger partial charge in [0.15, 0.2) is 0 Å². The molecule has 2 fully saturated rings. The predicted molar refractivity (Wildman–Crippen MR) is 83.9 cm³/mol. The monoisotopic (exact) mass is 273 g/mol. The first kappa shape index (κ1) is 13.9. The van der Waals surface area contributed by atoms with Crippen LogP contribution in [0.3, 0.4) is 0 Å². The van der Waals surface area contributed by atoms with Crippen LogP contribution in [0.1, 0.15) is 52.0 Å². The van der Waals surface area contributed by atoms with Crippen molar-refractivity contribution in [2.24, 2.45) is 5.92 Å². The van der Waals surface area contributed by atoms with Crippen molar-refractivity contribution in [3.8, 4) is 0 Å². The largest absolute Gasteiger partial charge is 0.353 e. The van der Waals surface area contributed by atoms with Crippen molar-refractivity contribution < 1.29 is 0 Å². The molecule has 1 N–H and O–H groups in total. The molecule has 0 aromatic carbocycles. The molecule has 0 radical (unpaired) electrons. The molecular formula is C17H27N3. The van der Waals surface area contributed by atoms with Gasteiger partial charge in [-0.25, -0.2) is 4.98 Å². The van der Waals surface area contributed by atoms with Crippen LogP contribution in [-0.2, 0) is 6.54 Å². The summed E-state index contributed by atoms with van der Waals surface area (Å²) in [5.41, 5.74) is 1.49. The lowest BCUT2D eigenvalue weighted by Gasteiger charge is -2.27. The highest BCUT2D eigenvalue weighted by Gasteiger charge is 2.35. The second-order valence-electron chi connectivity index (χ2n) is 7.42. The molecule has 0 amide bonds. The normalized spacial score (nSPS) is 19.1. The van der Waals surface area contributed by atoms with E-state index < -0.39 is 0 Å². The lowest BCUT2D eigenvalue weighted by molar-refractivity contribution is 0.424. The molecule has 0 aliphatic heterocycles. The van der Waals surface area contributed by atoms with Crippen LogP contribution in [0.25, 0.3) is 0 Å². The van der Waals surface area contributed by atoms with Gasteiger partial charge >= 0.3 is 0 Å². The van der Waals surface area contributed by atoms with Crippen LogP contribution in [-0.4, -0.2) is 23.1 Å². The minimum atomic E-state index is 0.147. The Hall–Kier alpha value is -1.09. The summed E-state index contributed by atoms with van der Waals surface area (Å²) in [5, 5.41) is 3.60. The molecular weight excluding hydrogens is 246 g/mol. The smallest absolute Gasteiger partial charge is 0.133 e. The fourth-order valence-electron chi connectivity index (χ4n) is 2.56. The summed E-state index contributed by atoms with van der Waals surface area (Å²) >= 11 is 0. The van der Waals surface area contributed by atoms with Crippen molar-refractivity contribution in [1.29, 1.82) is 0 Å². The van der Waals surface area contributed by atoms with Gasteiger partial charge in [-0.3, -0.25) is 0 Å². The zero-order valence-electron chi connectivity index (χ0n) is 13.0. The standard InChI is InChI=1S/C17H27N3/c1-17(2,3)19-11-14-5-4-10-18-16(14)20(15-8-9-15)12-13-6-7-13/h4-5,10,13,15,19H,6-9,11-12H2,1-3H3. The van der Waals surface area contributed by atoms with E-state index in [2.05, 4.69) is 43.1 Å². The van der Waals surface area contributed by atoms with Gasteiger partial charge in [-0.05, 0) is 58.4 Å². The van der Waals surface area contributed by atoms with Gasteiger partial charge in [0.1, 0.15) is 5.82 Å². The average molecular weight is 273 g/mol. The maximum absolute atomic E-state index is 4.71. The Morgan fingerprint density at radius 3 is 2.60 bits per heavy atom. The second-order valence-corrected chi connectivity index (χ2v) is 7.42. The van der Waals surface area contributed by atoms with Crippen molar-refractivity contribution >= 4 is 5.82 Å². The van der Waals surface area contributed by atoms with Crippen LogP contribution >= 0.6 is 0 Å². The minimum absolute atomic E-state index is 0.147. The van der Waals surface area contributed by atoms with Gasteiger partial charge in [0.2, 0.25) is 0 Å². The fourth-order valence-corrected chi connectivity index (χ4v) is 2.56. The first-order chi connectivity index (χ1) is 9.53. The molecule has 2 aliphatic rings. The topological polar surface area (TPSA) is 28.2 Å². The van der Waals surface area contributed by atoms with E-state index in [9.17, 15) is 0 Å². The summed E-state index contributed by atoms with van der Waals surface area (Å²) in [7, 11) is 0. The molecule has 0 spiro atoms. The number of pyridine rings is 1. The Kier molecular flexibility index (Phi) is 3.72. The van der Waals surface area contributed by atoms with E-state index in [0.29, 0.717) is 0 Å². The van der Waals surface area contributed by atoms with E-state index in [-0.39, 0.29) is 5.54 Å². The first-order valence-electron chi connectivity index (χ1n) is 7.98. The highest BCUT2D eigenvalue weighted by atomic mass is 15.2. The zero-order valence-corrected chi connectivity index (χ0v) is 13.0. The van der Waals surface area contributed by atoms with Crippen LogP contribution in [0.15, 0.2) is 18.3 Å². The maximum Gasteiger partial charge on any atom is 0.133 e. The van der Waals surface area contributed by atoms with Gasteiger partial charge in [-0.15, -0.1) is 0 Å². The Balaban J connectivity index is 1.76. The summed E-state index contributed by atoms with van der Waals surface area (Å²) in [4.78, 5) is 7.29. The quantitative estimate of drug-likeness (QED) is 0.861. The number of nitrogens with one attached hydrogen (secondary N) is 1. The van der Waals surface area contributed by atoms with Gasteiger partial charge in [0.25, 0.3) is 0 Å². The molecule has 2 saturated carbocycles. The van der Waals surface area contributed by atoms with Gasteiger partial charge in [0.05, 0.1) is 0 Å².